The first-order chi connectivity index (χ1) is 9.99. The summed E-state index contributed by atoms with van der Waals surface area (Å²) in [6.45, 7) is 11.0. The van der Waals surface area contributed by atoms with Crippen LogP contribution in [0.5, 0.6) is 0 Å². The second kappa shape index (κ2) is 6.97. The van der Waals surface area contributed by atoms with Crippen LogP contribution < -0.4 is 4.90 Å². The van der Waals surface area contributed by atoms with E-state index in [1.54, 1.807) is 0 Å². The third-order valence-electron chi connectivity index (χ3n) is 4.49. The molecule has 1 aromatic carbocycles. The maximum atomic E-state index is 12.6. The summed E-state index contributed by atoms with van der Waals surface area (Å²) in [4.78, 5) is 16.8. The fraction of sp³-hybridized carbons (Fsp3) is 0.611. The highest BCUT2D eigenvalue weighted by atomic mass is 16.2. The molecule has 0 aromatic heterocycles. The van der Waals surface area contributed by atoms with Gasteiger partial charge < -0.3 is 9.80 Å². The third-order valence-corrected chi connectivity index (χ3v) is 4.49. The van der Waals surface area contributed by atoms with Crippen molar-refractivity contribution < 1.29 is 4.79 Å². The lowest BCUT2D eigenvalue weighted by Gasteiger charge is -2.35. The minimum atomic E-state index is 0.263. The van der Waals surface area contributed by atoms with E-state index in [4.69, 9.17) is 0 Å². The summed E-state index contributed by atoms with van der Waals surface area (Å²) in [5.41, 5.74) is 2.40. The molecule has 0 atom stereocenters. The van der Waals surface area contributed by atoms with Crippen molar-refractivity contribution in [3.05, 3.63) is 29.8 Å². The highest BCUT2D eigenvalue weighted by molar-refractivity contribution is 5.82. The Morgan fingerprint density at radius 1 is 1.29 bits per heavy atom. The third kappa shape index (κ3) is 3.99. The number of rotatable bonds is 4. The Hall–Kier alpha value is -1.51. The van der Waals surface area contributed by atoms with Gasteiger partial charge in [-0.3, -0.25) is 4.79 Å². The summed E-state index contributed by atoms with van der Waals surface area (Å²) >= 11 is 0. The monoisotopic (exact) mass is 288 g/mol. The van der Waals surface area contributed by atoms with Crippen molar-refractivity contribution in [1.29, 1.82) is 0 Å². The van der Waals surface area contributed by atoms with Gasteiger partial charge in [0, 0.05) is 24.8 Å². The first-order valence-corrected chi connectivity index (χ1v) is 8.09. The van der Waals surface area contributed by atoms with Crippen LogP contribution in [-0.4, -0.2) is 36.5 Å². The lowest BCUT2D eigenvalue weighted by atomic mass is 9.99. The van der Waals surface area contributed by atoms with Gasteiger partial charge in [-0.1, -0.05) is 25.1 Å². The van der Waals surface area contributed by atoms with Crippen molar-refractivity contribution in [2.45, 2.75) is 46.6 Å². The number of anilines is 1. The Kier molecular flexibility index (Phi) is 5.27. The van der Waals surface area contributed by atoms with Gasteiger partial charge in [0.1, 0.15) is 0 Å². The molecule has 1 aliphatic rings. The zero-order chi connectivity index (χ0) is 15.4. The van der Waals surface area contributed by atoms with Gasteiger partial charge in [-0.05, 0) is 51.2 Å². The number of hydrogen-bond donors (Lipinski definition) is 0. The lowest BCUT2D eigenvalue weighted by molar-refractivity contribution is -0.131. The Balaban J connectivity index is 2.07. The molecule has 0 aliphatic carbocycles. The number of para-hydroxylation sites is 1. The topological polar surface area (TPSA) is 23.6 Å². The molecule has 1 fully saturated rings. The largest absolute Gasteiger partial charge is 0.360 e. The zero-order valence-electron chi connectivity index (χ0n) is 13.8. The van der Waals surface area contributed by atoms with E-state index in [9.17, 15) is 4.79 Å². The Morgan fingerprint density at radius 2 is 1.90 bits per heavy atom. The van der Waals surface area contributed by atoms with E-state index >= 15 is 0 Å². The molecule has 1 amide bonds. The molecular weight excluding hydrogens is 260 g/mol. The van der Waals surface area contributed by atoms with Gasteiger partial charge in [-0.15, -0.1) is 0 Å². The van der Waals surface area contributed by atoms with Crippen molar-refractivity contribution in [3.63, 3.8) is 0 Å². The van der Waals surface area contributed by atoms with Crippen molar-refractivity contribution in [3.8, 4) is 0 Å². The molecule has 0 unspecified atom stereocenters. The zero-order valence-corrected chi connectivity index (χ0v) is 13.8. The van der Waals surface area contributed by atoms with E-state index < -0.39 is 0 Å². The standard InChI is InChI=1S/C18H28N2O/c1-14(2)20(17-8-6-5-7-16(17)4)13-18(21)19-11-9-15(3)10-12-19/h5-8,14-15H,9-13H2,1-4H3. The average molecular weight is 288 g/mol. The number of carbonyl (C=O) groups excluding carboxylic acids is 1. The van der Waals surface area contributed by atoms with Gasteiger partial charge in [0.25, 0.3) is 0 Å². The van der Waals surface area contributed by atoms with Crippen LogP contribution in [0.4, 0.5) is 5.69 Å². The van der Waals surface area contributed by atoms with Crippen molar-refractivity contribution >= 4 is 11.6 Å². The molecule has 0 spiro atoms. The molecule has 1 saturated heterocycles. The van der Waals surface area contributed by atoms with Crippen LogP contribution in [0.2, 0.25) is 0 Å². The Morgan fingerprint density at radius 3 is 2.48 bits per heavy atom. The van der Waals surface area contributed by atoms with Gasteiger partial charge in [0.05, 0.1) is 6.54 Å². The number of nitrogens with zero attached hydrogens (tertiary/aromatic N) is 2. The predicted molar refractivity (Wildman–Crippen MR) is 88.6 cm³/mol. The normalized spacial score (nSPS) is 16.3. The van der Waals surface area contributed by atoms with Gasteiger partial charge in [0.2, 0.25) is 5.91 Å². The van der Waals surface area contributed by atoms with Crippen LogP contribution in [0.1, 0.15) is 39.2 Å². The summed E-state index contributed by atoms with van der Waals surface area (Å²) in [5, 5.41) is 0. The quantitative estimate of drug-likeness (QED) is 0.847. The van der Waals surface area contributed by atoms with E-state index in [-0.39, 0.29) is 5.91 Å². The van der Waals surface area contributed by atoms with E-state index in [0.717, 1.165) is 31.8 Å². The first-order valence-electron chi connectivity index (χ1n) is 8.09. The molecule has 116 valence electrons. The number of amides is 1. The van der Waals surface area contributed by atoms with E-state index in [1.165, 1.54) is 11.3 Å². The van der Waals surface area contributed by atoms with Crippen molar-refractivity contribution in [1.82, 2.24) is 4.90 Å². The Bertz CT molecular complexity index is 476. The maximum absolute atomic E-state index is 12.6. The van der Waals surface area contributed by atoms with Crippen LogP contribution in [0.3, 0.4) is 0 Å². The van der Waals surface area contributed by atoms with Crippen LogP contribution in [0.15, 0.2) is 24.3 Å². The molecule has 0 bridgehead atoms. The molecule has 3 heteroatoms. The Labute approximate surface area is 128 Å². The number of likely N-dealkylation sites (tertiary alicyclic amines) is 1. The van der Waals surface area contributed by atoms with Crippen molar-refractivity contribution in [2.75, 3.05) is 24.5 Å². The SMILES string of the molecule is Cc1ccccc1N(CC(=O)N1CCC(C)CC1)C(C)C. The first kappa shape index (κ1) is 15.9. The summed E-state index contributed by atoms with van der Waals surface area (Å²) in [6, 6.07) is 8.63. The average Bonchev–Trinajstić information content (AvgIpc) is 2.46. The van der Waals surface area contributed by atoms with Gasteiger partial charge >= 0.3 is 0 Å². The molecule has 1 heterocycles. The van der Waals surface area contributed by atoms with Crippen LogP contribution in [0.25, 0.3) is 0 Å². The fourth-order valence-electron chi connectivity index (χ4n) is 2.94. The van der Waals surface area contributed by atoms with Crippen molar-refractivity contribution in [2.24, 2.45) is 5.92 Å². The van der Waals surface area contributed by atoms with E-state index in [2.05, 4.69) is 44.7 Å². The molecule has 0 saturated carbocycles. The summed E-state index contributed by atoms with van der Waals surface area (Å²) in [6.07, 6.45) is 2.27. The summed E-state index contributed by atoms with van der Waals surface area (Å²) in [7, 11) is 0. The van der Waals surface area contributed by atoms with E-state index in [1.807, 2.05) is 17.0 Å². The van der Waals surface area contributed by atoms with Crippen LogP contribution in [0, 0.1) is 12.8 Å². The minimum Gasteiger partial charge on any atom is -0.360 e. The second-order valence-electron chi connectivity index (χ2n) is 6.57. The van der Waals surface area contributed by atoms with Crippen LogP contribution >= 0.6 is 0 Å². The molecule has 0 N–H and O–H groups in total. The fourth-order valence-corrected chi connectivity index (χ4v) is 2.94. The smallest absolute Gasteiger partial charge is 0.242 e. The van der Waals surface area contributed by atoms with Gasteiger partial charge in [-0.2, -0.15) is 0 Å². The number of piperidine rings is 1. The number of aryl methyl sites for hydroxylation is 1. The number of benzene rings is 1. The molecule has 3 nitrogen and oxygen atoms in total. The molecule has 2 rings (SSSR count). The number of carbonyl (C=O) groups is 1. The minimum absolute atomic E-state index is 0.263. The molecular formula is C18H28N2O. The lowest BCUT2D eigenvalue weighted by Crippen LogP contribution is -2.46. The molecule has 1 aliphatic heterocycles. The highest BCUT2D eigenvalue weighted by Gasteiger charge is 2.23. The molecule has 21 heavy (non-hydrogen) atoms. The maximum Gasteiger partial charge on any atom is 0.242 e. The molecule has 0 radical (unpaired) electrons. The van der Waals surface area contributed by atoms with Crippen LogP contribution in [-0.2, 0) is 4.79 Å². The van der Waals surface area contributed by atoms with Gasteiger partial charge in [-0.25, -0.2) is 0 Å². The summed E-state index contributed by atoms with van der Waals surface area (Å²) < 4.78 is 0. The number of hydrogen-bond acceptors (Lipinski definition) is 2. The molecule has 1 aromatic rings. The van der Waals surface area contributed by atoms with E-state index in [0.29, 0.717) is 12.6 Å². The summed E-state index contributed by atoms with van der Waals surface area (Å²) in [5.74, 6) is 1.02. The predicted octanol–water partition coefficient (Wildman–Crippen LogP) is 3.47. The highest BCUT2D eigenvalue weighted by Crippen LogP contribution is 2.22. The second-order valence-corrected chi connectivity index (χ2v) is 6.57. The van der Waals surface area contributed by atoms with Gasteiger partial charge in [0.15, 0.2) is 0 Å².